The van der Waals surface area contributed by atoms with Crippen molar-refractivity contribution in [2.45, 2.75) is 31.1 Å². The van der Waals surface area contributed by atoms with Gasteiger partial charge < -0.3 is 4.90 Å². The molecule has 314 valence electrons. The van der Waals surface area contributed by atoms with Crippen LogP contribution >= 0.6 is 0 Å². The van der Waals surface area contributed by atoms with E-state index < -0.39 is 0 Å². The fraction of sp³-hybridized carbons (Fsp3) is 0.108. The molecule has 0 heterocycles. The van der Waals surface area contributed by atoms with E-state index in [-0.39, 0.29) is 5.41 Å². The van der Waals surface area contributed by atoms with Crippen molar-refractivity contribution in [3.63, 3.8) is 0 Å². The highest BCUT2D eigenvalue weighted by atomic mass is 15.1. The lowest BCUT2D eigenvalue weighted by molar-refractivity contribution is 0.327. The minimum atomic E-state index is 0.154. The van der Waals surface area contributed by atoms with Crippen molar-refractivity contribution in [3.8, 4) is 66.8 Å². The molecular formula is C65H49N. The normalized spacial score (nSPS) is 17.8. The fourth-order valence-electron chi connectivity index (χ4n) is 12.5. The van der Waals surface area contributed by atoms with Gasteiger partial charge in [0, 0.05) is 22.4 Å². The topological polar surface area (TPSA) is 3.24 Å². The molecular weight excluding hydrogens is 795 g/mol. The standard InChI is InChI=1S/C65H49N/c1-2-15-46(16-3-1)55-20-6-7-21-56(55)57-22-8-9-23-58(57)61-25-11-13-28-64(61)66(52-38-32-48(33-39-52)54-26-14-18-47-17-4-5-19-53(47)54)51-36-30-45(31-37-51)49-34-40-60-59-24-10-12-27-62(59)65(63(60)42-49)43-44-29-35-50(65)41-44/h1-28,30-34,36-40,42,44,50H,29,35,41,43H2. The number of fused-ring (bicyclic) bond motifs is 9. The lowest BCUT2D eigenvalue weighted by Gasteiger charge is -2.36. The molecule has 1 heteroatoms. The van der Waals surface area contributed by atoms with Gasteiger partial charge in [-0.25, -0.2) is 0 Å². The molecule has 0 N–H and O–H groups in total. The summed E-state index contributed by atoms with van der Waals surface area (Å²) in [6, 6.07) is 87.9. The third-order valence-electron chi connectivity index (χ3n) is 15.4. The van der Waals surface area contributed by atoms with Crippen LogP contribution in [-0.4, -0.2) is 0 Å². The number of benzene rings is 10. The van der Waals surface area contributed by atoms with Crippen LogP contribution in [-0.2, 0) is 5.41 Å². The average molecular weight is 844 g/mol. The first-order valence-corrected chi connectivity index (χ1v) is 23.8. The van der Waals surface area contributed by atoms with E-state index in [1.807, 2.05) is 0 Å². The van der Waals surface area contributed by atoms with Crippen LogP contribution in [0.15, 0.2) is 237 Å². The second-order valence-electron chi connectivity index (χ2n) is 18.8. The molecule has 3 aliphatic carbocycles. The largest absolute Gasteiger partial charge is 0.310 e. The van der Waals surface area contributed by atoms with Crippen molar-refractivity contribution >= 4 is 27.8 Å². The van der Waals surface area contributed by atoms with Gasteiger partial charge in [0.05, 0.1) is 5.69 Å². The number of hydrogen-bond acceptors (Lipinski definition) is 1. The van der Waals surface area contributed by atoms with Gasteiger partial charge in [-0.2, -0.15) is 0 Å². The van der Waals surface area contributed by atoms with E-state index in [0.29, 0.717) is 0 Å². The van der Waals surface area contributed by atoms with E-state index in [1.54, 1.807) is 11.1 Å². The van der Waals surface area contributed by atoms with Crippen LogP contribution in [0.25, 0.3) is 77.5 Å². The molecule has 2 saturated carbocycles. The highest BCUT2D eigenvalue weighted by Crippen LogP contribution is 2.66. The first-order valence-electron chi connectivity index (χ1n) is 23.8. The number of nitrogens with zero attached hydrogens (tertiary/aromatic N) is 1. The van der Waals surface area contributed by atoms with Gasteiger partial charge in [0.15, 0.2) is 0 Å². The van der Waals surface area contributed by atoms with E-state index in [4.69, 9.17) is 0 Å². The zero-order chi connectivity index (χ0) is 43.6. The van der Waals surface area contributed by atoms with Crippen LogP contribution in [0.3, 0.4) is 0 Å². The van der Waals surface area contributed by atoms with Gasteiger partial charge in [0.25, 0.3) is 0 Å². The summed E-state index contributed by atoms with van der Waals surface area (Å²) in [5.74, 6) is 1.58. The Bertz CT molecular complexity index is 3430. The van der Waals surface area contributed by atoms with E-state index in [2.05, 4.69) is 241 Å². The van der Waals surface area contributed by atoms with Crippen LogP contribution < -0.4 is 4.90 Å². The van der Waals surface area contributed by atoms with Gasteiger partial charge >= 0.3 is 0 Å². The third-order valence-corrected chi connectivity index (χ3v) is 15.4. The molecule has 0 radical (unpaired) electrons. The maximum absolute atomic E-state index is 2.56. The van der Waals surface area contributed by atoms with E-state index in [1.165, 1.54) is 103 Å². The average Bonchev–Trinajstić information content (AvgIpc) is 4.09. The molecule has 2 bridgehead atoms. The molecule has 1 spiro atoms. The maximum atomic E-state index is 2.56. The second kappa shape index (κ2) is 15.8. The summed E-state index contributed by atoms with van der Waals surface area (Å²) in [5, 5.41) is 2.51. The molecule has 0 aliphatic heterocycles. The summed E-state index contributed by atoms with van der Waals surface area (Å²) in [5.41, 5.74) is 21.8. The quantitative estimate of drug-likeness (QED) is 0.147. The van der Waals surface area contributed by atoms with Crippen LogP contribution in [0.2, 0.25) is 0 Å². The smallest absolute Gasteiger partial charge is 0.0540 e. The molecule has 0 amide bonds. The zero-order valence-electron chi connectivity index (χ0n) is 36.9. The van der Waals surface area contributed by atoms with Crippen LogP contribution in [0.5, 0.6) is 0 Å². The Balaban J connectivity index is 0.938. The lowest BCUT2D eigenvalue weighted by Crippen LogP contribution is -2.31. The number of hydrogen-bond donors (Lipinski definition) is 0. The minimum Gasteiger partial charge on any atom is -0.310 e. The maximum Gasteiger partial charge on any atom is 0.0540 e. The number of para-hydroxylation sites is 1. The highest BCUT2D eigenvalue weighted by molar-refractivity contribution is 5.99. The molecule has 2 fully saturated rings. The Kier molecular flexibility index (Phi) is 9.24. The van der Waals surface area contributed by atoms with E-state index >= 15 is 0 Å². The molecule has 3 aliphatic rings. The molecule has 10 aromatic carbocycles. The Hall–Kier alpha value is -7.74. The lowest BCUT2D eigenvalue weighted by atomic mass is 9.66. The Morgan fingerprint density at radius 3 is 1.61 bits per heavy atom. The fourth-order valence-corrected chi connectivity index (χ4v) is 12.5. The van der Waals surface area contributed by atoms with Gasteiger partial charge in [-0.05, 0) is 151 Å². The minimum absolute atomic E-state index is 0.154. The van der Waals surface area contributed by atoms with Crippen molar-refractivity contribution in [3.05, 3.63) is 248 Å². The van der Waals surface area contributed by atoms with Crippen molar-refractivity contribution in [1.82, 2.24) is 0 Å². The molecule has 0 saturated heterocycles. The van der Waals surface area contributed by atoms with Crippen molar-refractivity contribution < 1.29 is 0 Å². The Morgan fingerprint density at radius 2 is 0.879 bits per heavy atom. The first kappa shape index (κ1) is 38.7. The summed E-state index contributed by atoms with van der Waals surface area (Å²) < 4.78 is 0. The van der Waals surface area contributed by atoms with Crippen LogP contribution in [0, 0.1) is 11.8 Å². The molecule has 13 rings (SSSR count). The predicted octanol–water partition coefficient (Wildman–Crippen LogP) is 17.7. The van der Waals surface area contributed by atoms with Gasteiger partial charge in [0.2, 0.25) is 0 Å². The summed E-state index contributed by atoms with van der Waals surface area (Å²) in [6.07, 6.45) is 5.40. The zero-order valence-corrected chi connectivity index (χ0v) is 36.9. The molecule has 10 aromatic rings. The van der Waals surface area contributed by atoms with Gasteiger partial charge in [-0.15, -0.1) is 0 Å². The summed E-state index contributed by atoms with van der Waals surface area (Å²) in [6.45, 7) is 0. The van der Waals surface area contributed by atoms with Crippen molar-refractivity contribution in [2.24, 2.45) is 11.8 Å². The SMILES string of the molecule is c1ccc(-c2ccccc2-c2ccccc2-c2ccccc2N(c2ccc(-c3ccc4c(c3)C3(CC5CCC3C5)c3ccccc3-4)cc2)c2ccc(-c3cccc4ccccc34)cc2)cc1. The Morgan fingerprint density at radius 1 is 0.348 bits per heavy atom. The molecule has 3 unspecified atom stereocenters. The van der Waals surface area contributed by atoms with Crippen molar-refractivity contribution in [1.29, 1.82) is 0 Å². The summed E-state index contributed by atoms with van der Waals surface area (Å²) >= 11 is 0. The van der Waals surface area contributed by atoms with Crippen molar-refractivity contribution in [2.75, 3.05) is 4.90 Å². The number of rotatable bonds is 8. The molecule has 3 atom stereocenters. The first-order chi connectivity index (χ1) is 32.7. The third kappa shape index (κ3) is 6.22. The molecule has 1 nitrogen and oxygen atoms in total. The van der Waals surface area contributed by atoms with Gasteiger partial charge in [-0.1, -0.05) is 207 Å². The van der Waals surface area contributed by atoms with Crippen LogP contribution in [0.1, 0.15) is 36.8 Å². The molecule has 66 heavy (non-hydrogen) atoms. The highest BCUT2D eigenvalue weighted by Gasteiger charge is 2.56. The Labute approximate surface area is 388 Å². The van der Waals surface area contributed by atoms with Gasteiger partial charge in [0.1, 0.15) is 0 Å². The van der Waals surface area contributed by atoms with E-state index in [9.17, 15) is 0 Å². The van der Waals surface area contributed by atoms with Gasteiger partial charge in [-0.3, -0.25) is 0 Å². The van der Waals surface area contributed by atoms with E-state index in [0.717, 1.165) is 28.9 Å². The van der Waals surface area contributed by atoms with Crippen LogP contribution in [0.4, 0.5) is 17.1 Å². The molecule has 0 aromatic heterocycles. The number of anilines is 3. The summed E-state index contributed by atoms with van der Waals surface area (Å²) in [4.78, 5) is 2.45. The summed E-state index contributed by atoms with van der Waals surface area (Å²) in [7, 11) is 0. The predicted molar refractivity (Wildman–Crippen MR) is 277 cm³/mol. The second-order valence-corrected chi connectivity index (χ2v) is 18.8. The monoisotopic (exact) mass is 843 g/mol.